The van der Waals surface area contributed by atoms with Crippen LogP contribution in [0.5, 0.6) is 0 Å². The van der Waals surface area contributed by atoms with Crippen molar-refractivity contribution < 1.29 is 9.53 Å². The fourth-order valence-corrected chi connectivity index (χ4v) is 2.34. The van der Waals surface area contributed by atoms with E-state index in [1.807, 2.05) is 36.0 Å². The van der Waals surface area contributed by atoms with E-state index in [1.54, 1.807) is 11.3 Å². The first-order valence-corrected chi connectivity index (χ1v) is 6.89. The molecule has 2 aromatic rings. The molecule has 0 aliphatic heterocycles. The summed E-state index contributed by atoms with van der Waals surface area (Å²) < 4.78 is 4.71. The number of nitrogens with one attached hydrogen (secondary N) is 1. The van der Waals surface area contributed by atoms with E-state index in [9.17, 15) is 4.79 Å². The fourth-order valence-electron chi connectivity index (χ4n) is 1.78. The van der Waals surface area contributed by atoms with Crippen LogP contribution in [-0.4, -0.2) is 18.1 Å². The van der Waals surface area contributed by atoms with Crippen molar-refractivity contribution in [3.05, 3.63) is 52.0 Å². The number of benzene rings is 1. The van der Waals surface area contributed by atoms with Crippen molar-refractivity contribution >= 4 is 17.3 Å². The normalized spacial score (nSPS) is 10.4. The van der Waals surface area contributed by atoms with Crippen LogP contribution >= 0.6 is 11.3 Å². The van der Waals surface area contributed by atoms with Gasteiger partial charge in [-0.1, -0.05) is 24.3 Å². The molecule has 100 valence electrons. The van der Waals surface area contributed by atoms with Crippen LogP contribution in [0.1, 0.15) is 16.0 Å². The van der Waals surface area contributed by atoms with E-state index in [2.05, 4.69) is 10.3 Å². The number of esters is 1. The lowest BCUT2D eigenvalue weighted by atomic mass is 10.0. The number of hydrogen-bond donors (Lipinski definition) is 1. The van der Waals surface area contributed by atoms with Gasteiger partial charge < -0.3 is 10.1 Å². The zero-order chi connectivity index (χ0) is 13.5. The molecule has 0 spiro atoms. The van der Waals surface area contributed by atoms with Crippen LogP contribution in [0, 0.1) is 0 Å². The zero-order valence-electron chi connectivity index (χ0n) is 10.8. The lowest BCUT2D eigenvalue weighted by Gasteiger charge is -2.09. The number of hydrogen-bond acceptors (Lipinski definition) is 5. The maximum absolute atomic E-state index is 11.3. The van der Waals surface area contributed by atoms with Gasteiger partial charge in [0.1, 0.15) is 0 Å². The molecule has 0 unspecified atom stereocenters. The molecule has 0 aliphatic rings. The highest BCUT2D eigenvalue weighted by Crippen LogP contribution is 2.11. The minimum Gasteiger partial charge on any atom is -0.469 e. The molecule has 1 aromatic carbocycles. The van der Waals surface area contributed by atoms with Gasteiger partial charge in [-0.3, -0.25) is 9.78 Å². The highest BCUT2D eigenvalue weighted by Gasteiger charge is 2.07. The maximum Gasteiger partial charge on any atom is 0.309 e. The van der Waals surface area contributed by atoms with Gasteiger partial charge in [0.2, 0.25) is 0 Å². The Balaban J connectivity index is 1.93. The monoisotopic (exact) mass is 276 g/mol. The van der Waals surface area contributed by atoms with Gasteiger partial charge in [0.05, 0.1) is 19.0 Å². The minimum atomic E-state index is -0.213. The van der Waals surface area contributed by atoms with Gasteiger partial charge >= 0.3 is 5.97 Å². The summed E-state index contributed by atoms with van der Waals surface area (Å²) in [5.41, 5.74) is 3.95. The Morgan fingerprint density at radius 2 is 2.11 bits per heavy atom. The smallest absolute Gasteiger partial charge is 0.309 e. The van der Waals surface area contributed by atoms with Crippen LogP contribution in [0.2, 0.25) is 0 Å². The number of aromatic nitrogens is 1. The third-order valence-corrected chi connectivity index (χ3v) is 3.56. The molecule has 19 heavy (non-hydrogen) atoms. The molecule has 0 bridgehead atoms. The van der Waals surface area contributed by atoms with Crippen LogP contribution in [0.25, 0.3) is 0 Å². The molecule has 2 rings (SSSR count). The Hall–Kier alpha value is -1.72. The Bertz CT molecular complexity index is 526. The molecule has 1 aromatic heterocycles. The summed E-state index contributed by atoms with van der Waals surface area (Å²) in [5.74, 6) is -0.213. The quantitative estimate of drug-likeness (QED) is 0.821. The summed E-state index contributed by atoms with van der Waals surface area (Å²) >= 11 is 1.63. The van der Waals surface area contributed by atoms with Gasteiger partial charge in [-0.15, -0.1) is 11.3 Å². The number of rotatable bonds is 6. The second-order valence-electron chi connectivity index (χ2n) is 4.09. The number of carbonyl (C=O) groups is 1. The second kappa shape index (κ2) is 7.01. The summed E-state index contributed by atoms with van der Waals surface area (Å²) in [4.78, 5) is 16.6. The first-order chi connectivity index (χ1) is 9.29. The summed E-state index contributed by atoms with van der Waals surface area (Å²) in [7, 11) is 1.41. The fraction of sp³-hybridized carbons (Fsp3) is 0.286. The molecule has 0 saturated heterocycles. The minimum absolute atomic E-state index is 0.213. The molecule has 1 heterocycles. The van der Waals surface area contributed by atoms with Crippen LogP contribution in [-0.2, 0) is 29.0 Å². The molecule has 0 aliphatic carbocycles. The molecule has 1 N–H and O–H groups in total. The van der Waals surface area contributed by atoms with E-state index in [4.69, 9.17) is 4.74 Å². The summed E-state index contributed by atoms with van der Waals surface area (Å²) in [5, 5.41) is 3.35. The largest absolute Gasteiger partial charge is 0.469 e. The van der Waals surface area contributed by atoms with Crippen molar-refractivity contribution in [2.24, 2.45) is 0 Å². The van der Waals surface area contributed by atoms with E-state index >= 15 is 0 Å². The van der Waals surface area contributed by atoms with Gasteiger partial charge in [0.15, 0.2) is 0 Å². The first kappa shape index (κ1) is 13.7. The standard InChI is InChI=1S/C14H16N2O2S/c1-18-14(17)6-11-4-2-3-5-12(11)7-15-8-13-9-16-10-19-13/h2-5,9-10,15H,6-8H2,1H3. The Morgan fingerprint density at radius 1 is 1.32 bits per heavy atom. The van der Waals surface area contributed by atoms with Crippen LogP contribution in [0.3, 0.4) is 0 Å². The van der Waals surface area contributed by atoms with Gasteiger partial charge in [-0.25, -0.2) is 0 Å². The highest BCUT2D eigenvalue weighted by molar-refractivity contribution is 7.09. The third kappa shape index (κ3) is 4.15. The Kier molecular flexibility index (Phi) is 5.06. The first-order valence-electron chi connectivity index (χ1n) is 6.01. The van der Waals surface area contributed by atoms with Crippen molar-refractivity contribution in [2.45, 2.75) is 19.5 Å². The van der Waals surface area contributed by atoms with Crippen LogP contribution < -0.4 is 5.32 Å². The van der Waals surface area contributed by atoms with Gasteiger partial charge in [0.25, 0.3) is 0 Å². The van der Waals surface area contributed by atoms with Gasteiger partial charge in [0, 0.05) is 24.2 Å². The van der Waals surface area contributed by atoms with E-state index in [0.29, 0.717) is 6.42 Å². The van der Waals surface area contributed by atoms with Crippen LogP contribution in [0.15, 0.2) is 36.0 Å². The molecule has 0 fully saturated rings. The van der Waals surface area contributed by atoms with Crippen molar-refractivity contribution in [3.63, 3.8) is 0 Å². The average molecular weight is 276 g/mol. The second-order valence-corrected chi connectivity index (χ2v) is 5.06. The molecular formula is C14H16N2O2S. The maximum atomic E-state index is 11.3. The molecule has 4 nitrogen and oxygen atoms in total. The molecule has 0 atom stereocenters. The highest BCUT2D eigenvalue weighted by atomic mass is 32.1. The van der Waals surface area contributed by atoms with Gasteiger partial charge in [-0.2, -0.15) is 0 Å². The molecule has 0 radical (unpaired) electrons. The number of ether oxygens (including phenoxy) is 1. The van der Waals surface area contributed by atoms with E-state index in [1.165, 1.54) is 12.0 Å². The van der Waals surface area contributed by atoms with Crippen molar-refractivity contribution in [1.29, 1.82) is 0 Å². The summed E-state index contributed by atoms with van der Waals surface area (Å²) in [6.45, 7) is 1.52. The predicted octanol–water partition coefficient (Wildman–Crippen LogP) is 2.15. The Morgan fingerprint density at radius 3 is 2.79 bits per heavy atom. The number of methoxy groups -OCH3 is 1. The lowest BCUT2D eigenvalue weighted by Crippen LogP contribution is -2.15. The number of carbonyl (C=O) groups excluding carboxylic acids is 1. The van der Waals surface area contributed by atoms with Crippen LogP contribution in [0.4, 0.5) is 0 Å². The SMILES string of the molecule is COC(=O)Cc1ccccc1CNCc1cncs1. The van der Waals surface area contributed by atoms with Crippen molar-refractivity contribution in [2.75, 3.05) is 7.11 Å². The lowest BCUT2D eigenvalue weighted by molar-refractivity contribution is -0.139. The molecule has 0 saturated carbocycles. The van der Waals surface area contributed by atoms with Gasteiger partial charge in [-0.05, 0) is 11.1 Å². The van der Waals surface area contributed by atoms with E-state index in [-0.39, 0.29) is 5.97 Å². The number of nitrogens with zero attached hydrogens (tertiary/aromatic N) is 1. The van der Waals surface area contributed by atoms with Crippen molar-refractivity contribution in [3.8, 4) is 0 Å². The molecule has 5 heteroatoms. The van der Waals surface area contributed by atoms with E-state index in [0.717, 1.165) is 24.2 Å². The number of thiazole rings is 1. The topological polar surface area (TPSA) is 51.2 Å². The average Bonchev–Trinajstić information content (AvgIpc) is 2.94. The Labute approximate surface area is 116 Å². The van der Waals surface area contributed by atoms with Crippen molar-refractivity contribution in [1.82, 2.24) is 10.3 Å². The molecule has 0 amide bonds. The predicted molar refractivity (Wildman–Crippen MR) is 74.8 cm³/mol. The summed E-state index contributed by atoms with van der Waals surface area (Å²) in [6, 6.07) is 7.90. The molecular weight excluding hydrogens is 260 g/mol. The summed E-state index contributed by atoms with van der Waals surface area (Å²) in [6.07, 6.45) is 2.17. The zero-order valence-corrected chi connectivity index (χ0v) is 11.6. The van der Waals surface area contributed by atoms with E-state index < -0.39 is 0 Å². The third-order valence-electron chi connectivity index (χ3n) is 2.78.